The molecular weight excluding hydrogens is 408 g/mol. The van der Waals surface area contributed by atoms with Crippen molar-refractivity contribution in [1.82, 2.24) is 4.48 Å². The Bertz CT molecular complexity index is 1240. The molecule has 33 heavy (non-hydrogen) atoms. The van der Waals surface area contributed by atoms with Gasteiger partial charge in [0.05, 0.1) is 24.7 Å². The van der Waals surface area contributed by atoms with Gasteiger partial charge in [-0.05, 0) is 45.0 Å². The van der Waals surface area contributed by atoms with E-state index < -0.39 is 5.60 Å². The molecule has 0 amide bonds. The van der Waals surface area contributed by atoms with Gasteiger partial charge in [0.2, 0.25) is 0 Å². The number of esters is 1. The van der Waals surface area contributed by atoms with E-state index in [0.29, 0.717) is 10.0 Å². The molecule has 3 aromatic carbocycles. The SMILES string of the molecule is CCN(CC)c1ccc(C2(C3=C[N+](C)(CC)c4ccccc43)OC(=O)c3ccccc32)cc1. The molecule has 3 aromatic rings. The van der Waals surface area contributed by atoms with Gasteiger partial charge in [-0.15, -0.1) is 0 Å². The van der Waals surface area contributed by atoms with Crippen LogP contribution in [0.4, 0.5) is 11.4 Å². The second-order valence-electron chi connectivity index (χ2n) is 8.98. The highest BCUT2D eigenvalue weighted by Gasteiger charge is 2.54. The number of nitrogens with zero attached hydrogens (tertiary/aromatic N) is 2. The molecule has 0 N–H and O–H groups in total. The topological polar surface area (TPSA) is 29.5 Å². The average Bonchev–Trinajstić information content (AvgIpc) is 3.34. The predicted octanol–water partition coefficient (Wildman–Crippen LogP) is 5.96. The number of anilines is 1. The lowest BCUT2D eigenvalue weighted by atomic mass is 9.77. The van der Waals surface area contributed by atoms with Crippen molar-refractivity contribution in [2.75, 3.05) is 31.6 Å². The number of hydrogen-bond acceptors (Lipinski definition) is 3. The number of para-hydroxylation sites is 1. The molecule has 0 spiro atoms. The summed E-state index contributed by atoms with van der Waals surface area (Å²) in [5, 5.41) is 0. The summed E-state index contributed by atoms with van der Waals surface area (Å²) in [5.74, 6) is -0.269. The van der Waals surface area contributed by atoms with Crippen LogP contribution in [-0.2, 0) is 10.3 Å². The van der Waals surface area contributed by atoms with E-state index in [-0.39, 0.29) is 5.97 Å². The predicted molar refractivity (Wildman–Crippen MR) is 135 cm³/mol. The van der Waals surface area contributed by atoms with Gasteiger partial charge in [-0.3, -0.25) is 4.48 Å². The smallest absolute Gasteiger partial charge is 0.340 e. The van der Waals surface area contributed by atoms with Crippen LogP contribution in [0.15, 0.2) is 79.0 Å². The Labute approximate surface area is 196 Å². The van der Waals surface area contributed by atoms with Crippen LogP contribution in [0.3, 0.4) is 0 Å². The van der Waals surface area contributed by atoms with Crippen molar-refractivity contribution in [2.45, 2.75) is 26.4 Å². The second-order valence-corrected chi connectivity index (χ2v) is 8.98. The number of carbonyl (C=O) groups excluding carboxylic acids is 1. The van der Waals surface area contributed by atoms with Crippen molar-refractivity contribution in [2.24, 2.45) is 0 Å². The highest BCUT2D eigenvalue weighted by molar-refractivity contribution is 6.01. The molecule has 0 saturated heterocycles. The van der Waals surface area contributed by atoms with Crippen LogP contribution in [-0.4, -0.2) is 32.7 Å². The number of quaternary nitrogens is 1. The lowest BCUT2D eigenvalue weighted by Crippen LogP contribution is -2.37. The zero-order valence-corrected chi connectivity index (χ0v) is 19.8. The quantitative estimate of drug-likeness (QED) is 0.351. The maximum atomic E-state index is 13.2. The third-order valence-corrected chi connectivity index (χ3v) is 7.37. The summed E-state index contributed by atoms with van der Waals surface area (Å²) in [4.78, 5) is 15.5. The molecule has 168 valence electrons. The van der Waals surface area contributed by atoms with Crippen LogP contribution < -0.4 is 9.38 Å². The molecule has 2 atom stereocenters. The maximum Gasteiger partial charge on any atom is 0.340 e. The molecule has 0 bridgehead atoms. The van der Waals surface area contributed by atoms with Crippen LogP contribution in [0.5, 0.6) is 0 Å². The number of benzene rings is 3. The van der Waals surface area contributed by atoms with Crippen molar-refractivity contribution in [3.05, 3.63) is 101 Å². The summed E-state index contributed by atoms with van der Waals surface area (Å²) in [6.45, 7) is 9.33. The number of hydrogen-bond donors (Lipinski definition) is 0. The monoisotopic (exact) mass is 439 g/mol. The third kappa shape index (κ3) is 3.05. The van der Waals surface area contributed by atoms with E-state index in [2.05, 4.69) is 87.4 Å². The Morgan fingerprint density at radius 3 is 2.15 bits per heavy atom. The molecule has 0 fully saturated rings. The zero-order valence-electron chi connectivity index (χ0n) is 19.8. The molecule has 0 aromatic heterocycles. The van der Waals surface area contributed by atoms with Gasteiger partial charge in [0.1, 0.15) is 11.9 Å². The van der Waals surface area contributed by atoms with Gasteiger partial charge in [0.15, 0.2) is 5.60 Å². The van der Waals surface area contributed by atoms with E-state index in [1.54, 1.807) is 0 Å². The Kier molecular flexibility index (Phi) is 5.13. The first-order chi connectivity index (χ1) is 16.0. The van der Waals surface area contributed by atoms with Crippen molar-refractivity contribution in [1.29, 1.82) is 0 Å². The fourth-order valence-electron chi connectivity index (χ4n) is 5.40. The number of cyclic esters (lactones) is 1. The summed E-state index contributed by atoms with van der Waals surface area (Å²) in [7, 11) is 2.21. The van der Waals surface area contributed by atoms with Gasteiger partial charge in [-0.1, -0.05) is 42.5 Å². The van der Waals surface area contributed by atoms with Crippen LogP contribution in [0, 0.1) is 0 Å². The van der Waals surface area contributed by atoms with Crippen molar-refractivity contribution in [3.63, 3.8) is 0 Å². The van der Waals surface area contributed by atoms with Gasteiger partial charge in [0, 0.05) is 41.5 Å². The Morgan fingerprint density at radius 1 is 0.848 bits per heavy atom. The molecule has 2 aliphatic rings. The third-order valence-electron chi connectivity index (χ3n) is 7.37. The lowest BCUT2D eigenvalue weighted by Gasteiger charge is -2.31. The molecule has 2 aliphatic heterocycles. The second kappa shape index (κ2) is 7.89. The molecule has 2 unspecified atom stereocenters. The molecule has 5 rings (SSSR count). The van der Waals surface area contributed by atoms with Crippen molar-refractivity contribution >= 4 is 22.9 Å². The van der Waals surface area contributed by atoms with Gasteiger partial charge >= 0.3 is 5.97 Å². The molecule has 2 heterocycles. The fourth-order valence-corrected chi connectivity index (χ4v) is 5.40. The minimum atomic E-state index is -0.975. The first-order valence-electron chi connectivity index (χ1n) is 11.8. The molecule has 4 nitrogen and oxygen atoms in total. The molecule has 0 saturated carbocycles. The lowest BCUT2D eigenvalue weighted by molar-refractivity contribution is 0.0303. The largest absolute Gasteiger partial charge is 0.440 e. The van der Waals surface area contributed by atoms with E-state index in [1.165, 1.54) is 11.4 Å². The average molecular weight is 440 g/mol. The van der Waals surface area contributed by atoms with E-state index in [4.69, 9.17) is 4.74 Å². The molecule has 0 radical (unpaired) electrons. The van der Waals surface area contributed by atoms with E-state index in [1.807, 2.05) is 24.3 Å². The Morgan fingerprint density at radius 2 is 1.48 bits per heavy atom. The van der Waals surface area contributed by atoms with Gasteiger partial charge in [-0.25, -0.2) is 4.79 Å². The van der Waals surface area contributed by atoms with E-state index in [9.17, 15) is 4.79 Å². The molecule has 0 aliphatic carbocycles. The summed E-state index contributed by atoms with van der Waals surface area (Å²) in [6.07, 6.45) is 2.28. The Balaban J connectivity index is 1.77. The van der Waals surface area contributed by atoms with Crippen LogP contribution in [0.25, 0.3) is 5.57 Å². The van der Waals surface area contributed by atoms with E-state index in [0.717, 1.165) is 41.9 Å². The summed E-state index contributed by atoms with van der Waals surface area (Å²) in [6, 6.07) is 24.8. The maximum absolute atomic E-state index is 13.2. The first kappa shape index (κ1) is 21.5. The van der Waals surface area contributed by atoms with E-state index >= 15 is 0 Å². The number of rotatable bonds is 6. The fraction of sp³-hybridized carbons (Fsp3) is 0.276. The van der Waals surface area contributed by atoms with Crippen LogP contribution >= 0.6 is 0 Å². The minimum absolute atomic E-state index is 0.269. The number of fused-ring (bicyclic) bond motifs is 2. The molecule has 4 heteroatoms. The molecular formula is C29H31N2O2+. The van der Waals surface area contributed by atoms with Crippen LogP contribution in [0.2, 0.25) is 0 Å². The zero-order chi connectivity index (χ0) is 23.2. The highest BCUT2D eigenvalue weighted by atomic mass is 16.6. The van der Waals surface area contributed by atoms with Crippen molar-refractivity contribution < 1.29 is 9.53 Å². The summed E-state index contributed by atoms with van der Waals surface area (Å²) < 4.78 is 7.08. The standard InChI is InChI=1S/C29H31N2O2/c1-5-30(6-2)22-18-16-21(17-19-22)29(25-14-10-8-13-24(25)28(32)33-29)26-20-31(4,7-3)27-15-11-9-12-23(26)27/h8-20H,5-7H2,1-4H3/q+1. The minimum Gasteiger partial charge on any atom is -0.440 e. The first-order valence-corrected chi connectivity index (χ1v) is 11.8. The number of ether oxygens (including phenoxy) is 1. The number of carbonyl (C=O) groups is 1. The van der Waals surface area contributed by atoms with Crippen molar-refractivity contribution in [3.8, 4) is 0 Å². The summed E-state index contributed by atoms with van der Waals surface area (Å²) in [5.41, 5.74) is 6.13. The Hall–Kier alpha value is -3.37. The van der Waals surface area contributed by atoms with Gasteiger partial charge < -0.3 is 9.64 Å². The van der Waals surface area contributed by atoms with Gasteiger partial charge in [0.25, 0.3) is 0 Å². The summed E-state index contributed by atoms with van der Waals surface area (Å²) >= 11 is 0. The van der Waals surface area contributed by atoms with Gasteiger partial charge in [-0.2, -0.15) is 0 Å². The normalized spacial score (nSPS) is 23.0. The highest BCUT2D eigenvalue weighted by Crippen LogP contribution is 2.55. The van der Waals surface area contributed by atoms with Crippen LogP contribution in [0.1, 0.15) is 47.8 Å².